The molecule has 0 aliphatic carbocycles. The van der Waals surface area contributed by atoms with E-state index in [-0.39, 0.29) is 12.6 Å². The number of esters is 1. The van der Waals surface area contributed by atoms with Crippen LogP contribution in [0.5, 0.6) is 11.5 Å². The van der Waals surface area contributed by atoms with E-state index in [4.69, 9.17) is 30.8 Å². The molecule has 5 rings (SSSR count). The van der Waals surface area contributed by atoms with Crippen LogP contribution in [-0.4, -0.2) is 43.5 Å². The van der Waals surface area contributed by atoms with Gasteiger partial charge < -0.3 is 14.2 Å². The Morgan fingerprint density at radius 2 is 2.06 bits per heavy atom. The molecule has 0 saturated carbocycles. The van der Waals surface area contributed by atoms with Gasteiger partial charge in [-0.25, -0.2) is 14.5 Å². The lowest BCUT2D eigenvalue weighted by Gasteiger charge is -2.19. The zero-order chi connectivity index (χ0) is 22.2. The topological polar surface area (TPSA) is 101 Å². The fourth-order valence-electron chi connectivity index (χ4n) is 3.41. The van der Waals surface area contributed by atoms with Crippen LogP contribution >= 0.6 is 23.1 Å². The van der Waals surface area contributed by atoms with Crippen molar-refractivity contribution in [3.8, 4) is 22.8 Å². The smallest absolute Gasteiger partial charge is 0.339 e. The number of benzene rings is 1. The van der Waals surface area contributed by atoms with Gasteiger partial charge in [0, 0.05) is 23.1 Å². The van der Waals surface area contributed by atoms with Gasteiger partial charge in [-0.3, -0.25) is 0 Å². The molecule has 0 bridgehead atoms. The number of carbonyl (C=O) groups excluding carboxylic acids is 1. The molecule has 9 nitrogen and oxygen atoms in total. The predicted molar refractivity (Wildman–Crippen MR) is 118 cm³/mol. The van der Waals surface area contributed by atoms with Gasteiger partial charge >= 0.3 is 5.97 Å². The van der Waals surface area contributed by atoms with Crippen molar-refractivity contribution in [2.75, 3.05) is 13.2 Å². The lowest BCUT2D eigenvalue weighted by Crippen LogP contribution is -2.15. The van der Waals surface area contributed by atoms with E-state index in [0.717, 1.165) is 17.1 Å². The maximum absolute atomic E-state index is 13.0. The summed E-state index contributed by atoms with van der Waals surface area (Å²) in [5.41, 5.74) is 2.74. The van der Waals surface area contributed by atoms with E-state index in [0.29, 0.717) is 57.0 Å². The van der Waals surface area contributed by atoms with Crippen LogP contribution in [0.2, 0.25) is 4.34 Å². The SMILES string of the molecule is CC(C)n1ncc2c(C(=O)OCc3nnsc3Cl)cc(-c3ccc4c(c3)OCCO4)nc21. The minimum absolute atomic E-state index is 0.0549. The molecule has 0 atom stereocenters. The van der Waals surface area contributed by atoms with E-state index in [9.17, 15) is 4.79 Å². The quantitative estimate of drug-likeness (QED) is 0.397. The maximum Gasteiger partial charge on any atom is 0.339 e. The van der Waals surface area contributed by atoms with Crippen LogP contribution in [0, 0.1) is 0 Å². The third-order valence-electron chi connectivity index (χ3n) is 4.96. The van der Waals surface area contributed by atoms with Crippen LogP contribution in [-0.2, 0) is 11.3 Å². The Bertz CT molecular complexity index is 1320. The third-order valence-corrected chi connectivity index (χ3v) is 5.95. The highest BCUT2D eigenvalue weighted by Crippen LogP contribution is 2.35. The number of hydrogen-bond donors (Lipinski definition) is 0. The van der Waals surface area contributed by atoms with E-state index >= 15 is 0 Å². The van der Waals surface area contributed by atoms with Crippen LogP contribution in [0.25, 0.3) is 22.3 Å². The summed E-state index contributed by atoms with van der Waals surface area (Å²) in [6.45, 7) is 4.92. The predicted octanol–water partition coefficient (Wildman–Crippen LogP) is 4.31. The van der Waals surface area contributed by atoms with Gasteiger partial charge in [0.1, 0.15) is 29.9 Å². The number of pyridine rings is 1. The molecule has 11 heteroatoms. The average molecular weight is 472 g/mol. The van der Waals surface area contributed by atoms with Crippen molar-refractivity contribution >= 4 is 40.1 Å². The number of carbonyl (C=O) groups is 1. The first-order valence-corrected chi connectivity index (χ1v) is 11.1. The number of halogens is 1. The lowest BCUT2D eigenvalue weighted by molar-refractivity contribution is 0.0470. The van der Waals surface area contributed by atoms with Gasteiger partial charge in [0.15, 0.2) is 17.1 Å². The minimum atomic E-state index is -0.524. The molecule has 3 aromatic heterocycles. The fraction of sp³-hybridized carbons (Fsp3) is 0.286. The summed E-state index contributed by atoms with van der Waals surface area (Å²) in [5, 5.41) is 8.91. The molecule has 1 aliphatic heterocycles. The number of ether oxygens (including phenoxy) is 3. The summed E-state index contributed by atoms with van der Waals surface area (Å²) in [7, 11) is 0. The van der Waals surface area contributed by atoms with E-state index in [1.54, 1.807) is 16.9 Å². The first-order valence-electron chi connectivity index (χ1n) is 9.93. The van der Waals surface area contributed by atoms with E-state index in [1.807, 2.05) is 32.0 Å². The zero-order valence-corrected chi connectivity index (χ0v) is 18.8. The van der Waals surface area contributed by atoms with Crippen molar-refractivity contribution in [2.24, 2.45) is 0 Å². The van der Waals surface area contributed by atoms with Crippen molar-refractivity contribution in [1.82, 2.24) is 24.4 Å². The van der Waals surface area contributed by atoms with Crippen molar-refractivity contribution in [3.05, 3.63) is 46.1 Å². The molecule has 4 heterocycles. The zero-order valence-electron chi connectivity index (χ0n) is 17.2. The molecule has 0 unspecified atom stereocenters. The highest BCUT2D eigenvalue weighted by molar-refractivity contribution is 7.10. The van der Waals surface area contributed by atoms with Gasteiger partial charge in [-0.2, -0.15) is 5.10 Å². The Balaban J connectivity index is 1.57. The molecule has 0 amide bonds. The highest BCUT2D eigenvalue weighted by Gasteiger charge is 2.21. The number of nitrogens with zero attached hydrogens (tertiary/aromatic N) is 5. The average Bonchev–Trinajstić information content (AvgIpc) is 3.42. The standard InChI is InChI=1S/C21H18ClN5O4S/c1-11(2)27-20-14(9-23-27)13(21(28)31-10-16-19(22)32-26-25-16)8-15(24-20)12-3-4-17-18(7-12)30-6-5-29-17/h3-4,7-9,11H,5-6,10H2,1-2H3. The summed E-state index contributed by atoms with van der Waals surface area (Å²) in [4.78, 5) is 17.8. The minimum Gasteiger partial charge on any atom is -0.486 e. The van der Waals surface area contributed by atoms with Crippen LogP contribution in [0.15, 0.2) is 30.5 Å². The van der Waals surface area contributed by atoms with Crippen molar-refractivity contribution in [2.45, 2.75) is 26.5 Å². The summed E-state index contributed by atoms with van der Waals surface area (Å²) in [6.07, 6.45) is 1.63. The van der Waals surface area contributed by atoms with Gasteiger partial charge in [0.2, 0.25) is 0 Å². The number of aromatic nitrogens is 5. The molecule has 164 valence electrons. The second-order valence-electron chi connectivity index (χ2n) is 7.40. The molecule has 1 aromatic carbocycles. The summed E-state index contributed by atoms with van der Waals surface area (Å²) in [5.74, 6) is 0.799. The Kier molecular flexibility index (Phi) is 5.40. The summed E-state index contributed by atoms with van der Waals surface area (Å²) in [6, 6.07) is 7.33. The highest BCUT2D eigenvalue weighted by atomic mass is 35.5. The maximum atomic E-state index is 13.0. The van der Waals surface area contributed by atoms with Gasteiger partial charge in [0.05, 0.1) is 22.8 Å². The van der Waals surface area contributed by atoms with Crippen molar-refractivity contribution in [3.63, 3.8) is 0 Å². The molecule has 0 N–H and O–H groups in total. The Morgan fingerprint density at radius 3 is 2.81 bits per heavy atom. The molecule has 0 spiro atoms. The van der Waals surface area contributed by atoms with Crippen molar-refractivity contribution in [1.29, 1.82) is 0 Å². The van der Waals surface area contributed by atoms with E-state index in [2.05, 4.69) is 14.7 Å². The third kappa shape index (κ3) is 3.76. The number of hydrogen-bond acceptors (Lipinski definition) is 9. The number of rotatable bonds is 5. The molecule has 0 saturated heterocycles. The van der Waals surface area contributed by atoms with Gasteiger partial charge in [0.25, 0.3) is 0 Å². The fourth-order valence-corrected chi connectivity index (χ4v) is 4.01. The molecule has 0 fully saturated rings. The Labute approximate surface area is 192 Å². The summed E-state index contributed by atoms with van der Waals surface area (Å²) >= 11 is 7.06. The molecule has 0 radical (unpaired) electrons. The van der Waals surface area contributed by atoms with Crippen LogP contribution in [0.1, 0.15) is 35.9 Å². The molecule has 1 aliphatic rings. The van der Waals surface area contributed by atoms with Gasteiger partial charge in [-0.15, -0.1) is 5.10 Å². The van der Waals surface area contributed by atoms with E-state index < -0.39 is 5.97 Å². The van der Waals surface area contributed by atoms with Gasteiger partial charge in [-0.1, -0.05) is 16.1 Å². The normalized spacial score (nSPS) is 13.0. The van der Waals surface area contributed by atoms with E-state index in [1.165, 1.54) is 0 Å². The van der Waals surface area contributed by atoms with Crippen LogP contribution < -0.4 is 9.47 Å². The van der Waals surface area contributed by atoms with Crippen LogP contribution in [0.4, 0.5) is 0 Å². The molecular weight excluding hydrogens is 454 g/mol. The lowest BCUT2D eigenvalue weighted by atomic mass is 10.1. The largest absolute Gasteiger partial charge is 0.486 e. The molecule has 32 heavy (non-hydrogen) atoms. The van der Waals surface area contributed by atoms with Gasteiger partial charge in [-0.05, 0) is 38.1 Å². The molecule has 4 aromatic rings. The van der Waals surface area contributed by atoms with Crippen molar-refractivity contribution < 1.29 is 19.0 Å². The molecular formula is C21H18ClN5O4S. The second-order valence-corrected chi connectivity index (χ2v) is 8.76. The number of fused-ring (bicyclic) bond motifs is 2. The Hall–Kier alpha value is -3.24. The van der Waals surface area contributed by atoms with Crippen LogP contribution in [0.3, 0.4) is 0 Å². The summed E-state index contributed by atoms with van der Waals surface area (Å²) < 4.78 is 22.7. The monoisotopic (exact) mass is 471 g/mol. The first-order chi connectivity index (χ1) is 15.5. The first kappa shape index (κ1) is 20.7. The second kappa shape index (κ2) is 8.36. The Morgan fingerprint density at radius 1 is 1.25 bits per heavy atom.